The Kier molecular flexibility index (Phi) is 5.19. The van der Waals surface area contributed by atoms with Gasteiger partial charge in [-0.1, -0.05) is 87.2 Å². The average Bonchev–Trinajstić information content (AvgIpc) is 2.90. The summed E-state index contributed by atoms with van der Waals surface area (Å²) in [6.45, 7) is 16.1. The molecule has 27 heavy (non-hydrogen) atoms. The minimum Gasteiger partial charge on any atom is -0.103 e. The Morgan fingerprint density at radius 2 is 1.41 bits per heavy atom. The van der Waals surface area contributed by atoms with Crippen molar-refractivity contribution in [3.05, 3.63) is 102 Å². The second-order valence-electron chi connectivity index (χ2n) is 7.58. The van der Waals surface area contributed by atoms with Crippen LogP contribution in [-0.4, -0.2) is 0 Å². The second-order valence-corrected chi connectivity index (χ2v) is 7.58. The molecule has 3 aromatic rings. The van der Waals surface area contributed by atoms with Gasteiger partial charge in [0.25, 0.3) is 0 Å². The van der Waals surface area contributed by atoms with E-state index in [1.165, 1.54) is 44.5 Å². The molecule has 3 aromatic carbocycles. The standard InChI is InChI=1S/C24H22.C3H6/c1-5-18-16(2)9-8-11-19(18)17-13-14-21-20-10-6-7-12-22(20)24(3,4)23(21)15-17;1-3-2/h5-15H,1H2,2-4H3;3H,1H2,2H3. The zero-order valence-corrected chi connectivity index (χ0v) is 16.8. The SMILES string of the molecule is C=CC.C=Cc1c(C)cccc1-c1ccc2c(c1)C(C)(C)c1ccccc1-2. The molecule has 0 bridgehead atoms. The number of rotatable bonds is 2. The second kappa shape index (κ2) is 7.40. The van der Waals surface area contributed by atoms with Gasteiger partial charge in [-0.15, -0.1) is 6.58 Å². The molecule has 1 aliphatic carbocycles. The number of aryl methyl sites for hydroxylation is 1. The molecule has 0 radical (unpaired) electrons. The first-order valence-electron chi connectivity index (χ1n) is 9.49. The van der Waals surface area contributed by atoms with Crippen molar-refractivity contribution in [2.45, 2.75) is 33.1 Å². The van der Waals surface area contributed by atoms with E-state index < -0.39 is 0 Å². The Bertz CT molecular complexity index is 1000. The maximum absolute atomic E-state index is 4.01. The van der Waals surface area contributed by atoms with Crippen LogP contribution in [0.25, 0.3) is 28.3 Å². The summed E-state index contributed by atoms with van der Waals surface area (Å²) in [4.78, 5) is 0. The topological polar surface area (TPSA) is 0 Å². The first-order chi connectivity index (χ1) is 13.0. The van der Waals surface area contributed by atoms with Crippen LogP contribution in [0.3, 0.4) is 0 Å². The molecule has 4 rings (SSSR count). The van der Waals surface area contributed by atoms with Crippen LogP contribution < -0.4 is 0 Å². The lowest BCUT2D eigenvalue weighted by Gasteiger charge is -2.22. The zero-order valence-electron chi connectivity index (χ0n) is 16.8. The van der Waals surface area contributed by atoms with Crippen molar-refractivity contribution in [3.8, 4) is 22.3 Å². The third-order valence-electron chi connectivity index (χ3n) is 5.42. The van der Waals surface area contributed by atoms with Gasteiger partial charge in [-0.3, -0.25) is 0 Å². The van der Waals surface area contributed by atoms with Gasteiger partial charge >= 0.3 is 0 Å². The van der Waals surface area contributed by atoms with Gasteiger partial charge in [0.15, 0.2) is 0 Å². The van der Waals surface area contributed by atoms with Crippen LogP contribution in [0.4, 0.5) is 0 Å². The molecular formula is C27H28. The van der Waals surface area contributed by atoms with Crippen molar-refractivity contribution >= 4 is 6.08 Å². The third kappa shape index (κ3) is 3.17. The van der Waals surface area contributed by atoms with Crippen molar-refractivity contribution in [1.82, 2.24) is 0 Å². The smallest absolute Gasteiger partial charge is 0.0159 e. The van der Waals surface area contributed by atoms with E-state index in [1.54, 1.807) is 6.08 Å². The highest BCUT2D eigenvalue weighted by molar-refractivity contribution is 5.85. The van der Waals surface area contributed by atoms with Gasteiger partial charge in [0, 0.05) is 5.41 Å². The van der Waals surface area contributed by atoms with E-state index in [2.05, 4.69) is 94.6 Å². The zero-order chi connectivity index (χ0) is 19.6. The third-order valence-corrected chi connectivity index (χ3v) is 5.42. The van der Waals surface area contributed by atoms with Gasteiger partial charge in [-0.2, -0.15) is 0 Å². The van der Waals surface area contributed by atoms with Crippen molar-refractivity contribution in [1.29, 1.82) is 0 Å². The molecule has 0 amide bonds. The molecule has 0 saturated carbocycles. The molecule has 0 fully saturated rings. The lowest BCUT2D eigenvalue weighted by Crippen LogP contribution is -2.14. The van der Waals surface area contributed by atoms with Crippen LogP contribution >= 0.6 is 0 Å². The van der Waals surface area contributed by atoms with Crippen molar-refractivity contribution in [3.63, 3.8) is 0 Å². The summed E-state index contributed by atoms with van der Waals surface area (Å²) in [5, 5.41) is 0. The summed E-state index contributed by atoms with van der Waals surface area (Å²) in [6.07, 6.45) is 3.72. The van der Waals surface area contributed by atoms with Gasteiger partial charge in [-0.25, -0.2) is 0 Å². The van der Waals surface area contributed by atoms with Gasteiger partial charge in [0.2, 0.25) is 0 Å². The van der Waals surface area contributed by atoms with Crippen LogP contribution in [0, 0.1) is 6.92 Å². The Balaban J connectivity index is 0.000000659. The lowest BCUT2D eigenvalue weighted by atomic mass is 9.81. The normalized spacial score (nSPS) is 13.0. The van der Waals surface area contributed by atoms with Crippen molar-refractivity contribution in [2.24, 2.45) is 0 Å². The molecule has 0 heteroatoms. The highest BCUT2D eigenvalue weighted by Crippen LogP contribution is 2.49. The summed E-state index contributed by atoms with van der Waals surface area (Å²) < 4.78 is 0. The van der Waals surface area contributed by atoms with Gasteiger partial charge in [0.1, 0.15) is 0 Å². The fourth-order valence-corrected chi connectivity index (χ4v) is 4.08. The molecule has 1 aliphatic rings. The minimum absolute atomic E-state index is 0.0418. The number of hydrogen-bond donors (Lipinski definition) is 0. The van der Waals surface area contributed by atoms with Crippen LogP contribution in [0.1, 0.15) is 43.0 Å². The monoisotopic (exact) mass is 352 g/mol. The van der Waals surface area contributed by atoms with Crippen LogP contribution in [0.5, 0.6) is 0 Å². The summed E-state index contributed by atoms with van der Waals surface area (Å²) in [5.41, 5.74) is 10.6. The number of fused-ring (bicyclic) bond motifs is 3. The lowest BCUT2D eigenvalue weighted by molar-refractivity contribution is 0.660. The first-order valence-corrected chi connectivity index (χ1v) is 9.49. The molecule has 0 nitrogen and oxygen atoms in total. The predicted molar refractivity (Wildman–Crippen MR) is 120 cm³/mol. The average molecular weight is 353 g/mol. The van der Waals surface area contributed by atoms with E-state index in [0.717, 1.165) is 0 Å². The molecule has 0 unspecified atom stereocenters. The predicted octanol–water partition coefficient (Wildman–Crippen LogP) is 7.80. The van der Waals surface area contributed by atoms with Gasteiger partial charge < -0.3 is 0 Å². The minimum atomic E-state index is 0.0418. The van der Waals surface area contributed by atoms with E-state index in [9.17, 15) is 0 Å². The Morgan fingerprint density at radius 1 is 0.778 bits per heavy atom. The van der Waals surface area contributed by atoms with Crippen molar-refractivity contribution in [2.75, 3.05) is 0 Å². The van der Waals surface area contributed by atoms with E-state index in [4.69, 9.17) is 0 Å². The van der Waals surface area contributed by atoms with Crippen LogP contribution in [0.15, 0.2) is 79.9 Å². The summed E-state index contributed by atoms with van der Waals surface area (Å²) >= 11 is 0. The number of allylic oxidation sites excluding steroid dienone is 1. The molecule has 136 valence electrons. The van der Waals surface area contributed by atoms with Crippen LogP contribution in [-0.2, 0) is 5.41 Å². The first kappa shape index (κ1) is 18.9. The van der Waals surface area contributed by atoms with Gasteiger partial charge in [-0.05, 0) is 64.4 Å². The molecule has 0 heterocycles. The summed E-state index contributed by atoms with van der Waals surface area (Å²) in [5.74, 6) is 0. The summed E-state index contributed by atoms with van der Waals surface area (Å²) in [6, 6.07) is 22.2. The molecule has 0 aromatic heterocycles. The van der Waals surface area contributed by atoms with E-state index in [0.29, 0.717) is 0 Å². The molecular weight excluding hydrogens is 324 g/mol. The van der Waals surface area contributed by atoms with E-state index >= 15 is 0 Å². The Morgan fingerprint density at radius 3 is 2.11 bits per heavy atom. The number of benzene rings is 3. The van der Waals surface area contributed by atoms with E-state index in [-0.39, 0.29) is 5.41 Å². The maximum atomic E-state index is 4.01. The maximum Gasteiger partial charge on any atom is 0.0159 e. The van der Waals surface area contributed by atoms with Crippen molar-refractivity contribution < 1.29 is 0 Å². The summed E-state index contributed by atoms with van der Waals surface area (Å²) in [7, 11) is 0. The highest BCUT2D eigenvalue weighted by Gasteiger charge is 2.35. The highest BCUT2D eigenvalue weighted by atomic mass is 14.4. The fourth-order valence-electron chi connectivity index (χ4n) is 4.08. The quantitative estimate of drug-likeness (QED) is 0.413. The fraction of sp³-hybridized carbons (Fsp3) is 0.185. The van der Waals surface area contributed by atoms with E-state index in [1.807, 2.05) is 13.0 Å². The molecule has 0 atom stereocenters. The largest absolute Gasteiger partial charge is 0.103 e. The molecule has 0 aliphatic heterocycles. The molecule has 0 saturated heterocycles. The molecule has 0 N–H and O–H groups in total. The Hall–Kier alpha value is -2.86. The number of hydrogen-bond acceptors (Lipinski definition) is 0. The van der Waals surface area contributed by atoms with Crippen LogP contribution in [0.2, 0.25) is 0 Å². The Labute approximate surface area is 163 Å². The molecule has 0 spiro atoms. The van der Waals surface area contributed by atoms with Gasteiger partial charge in [0.05, 0.1) is 0 Å².